The Kier molecular flexibility index (Phi) is 6.30. The molecule has 34 heavy (non-hydrogen) atoms. The van der Waals surface area contributed by atoms with Gasteiger partial charge in [0.25, 0.3) is 23.4 Å². The van der Waals surface area contributed by atoms with Crippen LogP contribution in [0.2, 0.25) is 5.02 Å². The number of allylic oxidation sites excluding steroid dienone is 2. The van der Waals surface area contributed by atoms with Crippen molar-refractivity contribution in [2.75, 3.05) is 6.54 Å². The second-order valence-corrected chi connectivity index (χ2v) is 8.62. The molecule has 1 fully saturated rings. The van der Waals surface area contributed by atoms with Crippen molar-refractivity contribution in [1.29, 1.82) is 0 Å². The summed E-state index contributed by atoms with van der Waals surface area (Å²) in [6.07, 6.45) is 4.06. The molecule has 1 saturated heterocycles. The van der Waals surface area contributed by atoms with Gasteiger partial charge in [0.15, 0.2) is 5.78 Å². The van der Waals surface area contributed by atoms with Crippen LogP contribution >= 0.6 is 11.6 Å². The van der Waals surface area contributed by atoms with E-state index in [9.17, 15) is 29.3 Å². The standard InChI is InChI=1S/C24H20ClN3O6/c1-14-5-4-7-18-21(14)24(32)27(23(18)31)26(22(30)17-6-2-3-8-19(17)25)13-20(29)15-9-11-16(12-10-15)28(33)34/h2-6,8-12,14,18,21H,7,13H2,1H3/t14-,18+,21-/m1/s1. The van der Waals surface area contributed by atoms with Gasteiger partial charge >= 0.3 is 0 Å². The maximum atomic E-state index is 13.5. The predicted molar refractivity (Wildman–Crippen MR) is 122 cm³/mol. The summed E-state index contributed by atoms with van der Waals surface area (Å²) in [7, 11) is 0. The highest BCUT2D eigenvalue weighted by atomic mass is 35.5. The molecule has 174 valence electrons. The summed E-state index contributed by atoms with van der Waals surface area (Å²) in [4.78, 5) is 63.4. The molecule has 0 N–H and O–H groups in total. The average Bonchev–Trinajstić information content (AvgIpc) is 3.08. The number of non-ortho nitro benzene ring substituents is 1. The monoisotopic (exact) mass is 481 g/mol. The van der Waals surface area contributed by atoms with E-state index < -0.39 is 46.8 Å². The Morgan fingerprint density at radius 2 is 1.79 bits per heavy atom. The van der Waals surface area contributed by atoms with Gasteiger partial charge in [-0.15, -0.1) is 0 Å². The van der Waals surface area contributed by atoms with Gasteiger partial charge in [-0.2, -0.15) is 5.01 Å². The number of nitro groups is 1. The SMILES string of the molecule is C[C@@H]1C=CC[C@@H]2C(=O)N(N(CC(=O)c3ccc([N+](=O)[O-])cc3)C(=O)c3ccccc3Cl)C(=O)[C@H]12. The molecule has 0 spiro atoms. The molecule has 0 unspecified atom stereocenters. The van der Waals surface area contributed by atoms with Crippen LogP contribution in [0.5, 0.6) is 0 Å². The molecule has 0 radical (unpaired) electrons. The van der Waals surface area contributed by atoms with Crippen LogP contribution in [0, 0.1) is 27.9 Å². The second kappa shape index (κ2) is 9.18. The van der Waals surface area contributed by atoms with Gasteiger partial charge < -0.3 is 0 Å². The van der Waals surface area contributed by atoms with E-state index in [0.717, 1.165) is 10.0 Å². The minimum atomic E-state index is -0.776. The first-order chi connectivity index (χ1) is 16.2. The Labute approximate surface area is 199 Å². The number of hydrogen-bond donors (Lipinski definition) is 0. The Morgan fingerprint density at radius 1 is 1.12 bits per heavy atom. The molecule has 1 heterocycles. The molecule has 9 nitrogen and oxygen atoms in total. The summed E-state index contributed by atoms with van der Waals surface area (Å²) in [5.74, 6) is -3.94. The minimum Gasteiger partial charge on any atom is -0.292 e. The molecule has 2 aromatic carbocycles. The first kappa shape index (κ1) is 23.3. The topological polar surface area (TPSA) is 118 Å². The number of imide groups is 1. The van der Waals surface area contributed by atoms with Gasteiger partial charge in [0.05, 0.1) is 27.3 Å². The lowest BCUT2D eigenvalue weighted by atomic mass is 9.78. The zero-order valence-corrected chi connectivity index (χ0v) is 18.8. The number of Topliss-reactive ketones (excluding diaryl/α,β-unsaturated/α-hetero) is 1. The number of amides is 3. The Morgan fingerprint density at radius 3 is 2.41 bits per heavy atom. The number of ketones is 1. The van der Waals surface area contributed by atoms with Crippen LogP contribution in [0.3, 0.4) is 0 Å². The van der Waals surface area contributed by atoms with Crippen molar-refractivity contribution < 1.29 is 24.1 Å². The summed E-state index contributed by atoms with van der Waals surface area (Å²) in [6, 6.07) is 11.0. The molecule has 1 aliphatic heterocycles. The van der Waals surface area contributed by atoms with E-state index in [2.05, 4.69) is 0 Å². The second-order valence-electron chi connectivity index (χ2n) is 8.21. The molecule has 0 saturated carbocycles. The van der Waals surface area contributed by atoms with Crippen LogP contribution in [-0.2, 0) is 9.59 Å². The number of nitro benzene ring substituents is 1. The van der Waals surface area contributed by atoms with Crippen molar-refractivity contribution in [1.82, 2.24) is 10.0 Å². The quantitative estimate of drug-likeness (QED) is 0.204. The van der Waals surface area contributed by atoms with E-state index in [0.29, 0.717) is 6.42 Å². The zero-order valence-electron chi connectivity index (χ0n) is 18.1. The number of halogens is 1. The van der Waals surface area contributed by atoms with Crippen molar-refractivity contribution in [3.63, 3.8) is 0 Å². The number of carbonyl (C=O) groups is 4. The molecular formula is C24H20ClN3O6. The van der Waals surface area contributed by atoms with E-state index in [-0.39, 0.29) is 27.8 Å². The van der Waals surface area contributed by atoms with Crippen LogP contribution in [0.25, 0.3) is 0 Å². The van der Waals surface area contributed by atoms with Gasteiger partial charge in [0, 0.05) is 17.7 Å². The van der Waals surface area contributed by atoms with Gasteiger partial charge in [0.2, 0.25) is 0 Å². The first-order valence-electron chi connectivity index (χ1n) is 10.6. The average molecular weight is 482 g/mol. The van der Waals surface area contributed by atoms with Crippen LogP contribution in [0.1, 0.15) is 34.1 Å². The van der Waals surface area contributed by atoms with Crippen LogP contribution in [0.15, 0.2) is 60.7 Å². The summed E-state index contributed by atoms with van der Waals surface area (Å²) in [5, 5.41) is 12.6. The Bertz CT molecular complexity index is 1230. The van der Waals surface area contributed by atoms with Crippen molar-refractivity contribution in [2.24, 2.45) is 17.8 Å². The molecule has 10 heteroatoms. The first-order valence-corrected chi connectivity index (χ1v) is 11.0. The van der Waals surface area contributed by atoms with Gasteiger partial charge in [0.1, 0.15) is 6.54 Å². The Balaban J connectivity index is 1.70. The van der Waals surface area contributed by atoms with Crippen molar-refractivity contribution in [3.8, 4) is 0 Å². The van der Waals surface area contributed by atoms with Gasteiger partial charge in [-0.3, -0.25) is 29.3 Å². The van der Waals surface area contributed by atoms with Crippen LogP contribution < -0.4 is 0 Å². The lowest BCUT2D eigenvalue weighted by molar-refractivity contribution is -0.384. The molecule has 4 rings (SSSR count). The summed E-state index contributed by atoms with van der Waals surface area (Å²) in [6.45, 7) is 1.20. The maximum absolute atomic E-state index is 13.5. The lowest BCUT2D eigenvalue weighted by Gasteiger charge is -2.30. The fourth-order valence-electron chi connectivity index (χ4n) is 4.37. The molecule has 0 aromatic heterocycles. The molecule has 0 bridgehead atoms. The van der Waals surface area contributed by atoms with Crippen molar-refractivity contribution in [3.05, 3.63) is 86.9 Å². The number of nitrogens with zero attached hydrogens (tertiary/aromatic N) is 3. The highest BCUT2D eigenvalue weighted by Gasteiger charge is 2.53. The largest absolute Gasteiger partial charge is 0.292 e. The number of fused-ring (bicyclic) bond motifs is 1. The molecule has 2 aliphatic rings. The minimum absolute atomic E-state index is 0.0299. The molecule has 3 atom stereocenters. The van der Waals surface area contributed by atoms with E-state index >= 15 is 0 Å². The van der Waals surface area contributed by atoms with Gasteiger partial charge in [-0.05, 0) is 36.6 Å². The third-order valence-corrected chi connectivity index (χ3v) is 6.45. The predicted octanol–water partition coefficient (Wildman–Crippen LogP) is 3.69. The zero-order chi connectivity index (χ0) is 24.6. The number of rotatable bonds is 6. The van der Waals surface area contributed by atoms with E-state index in [1.165, 1.54) is 36.4 Å². The molecule has 1 aliphatic carbocycles. The third-order valence-electron chi connectivity index (χ3n) is 6.12. The number of hydrazine groups is 1. The molecule has 3 amide bonds. The highest BCUT2D eigenvalue weighted by molar-refractivity contribution is 6.34. The number of carbonyl (C=O) groups excluding carboxylic acids is 4. The van der Waals surface area contributed by atoms with Crippen molar-refractivity contribution >= 4 is 40.8 Å². The van der Waals surface area contributed by atoms with Gasteiger partial charge in [-0.25, -0.2) is 5.01 Å². The summed E-state index contributed by atoms with van der Waals surface area (Å²) >= 11 is 6.19. The smallest absolute Gasteiger partial charge is 0.274 e. The highest BCUT2D eigenvalue weighted by Crippen LogP contribution is 2.39. The van der Waals surface area contributed by atoms with Crippen LogP contribution in [0.4, 0.5) is 5.69 Å². The number of benzene rings is 2. The molecular weight excluding hydrogens is 462 g/mol. The normalized spacial score (nSPS) is 21.4. The maximum Gasteiger partial charge on any atom is 0.274 e. The lowest BCUT2D eigenvalue weighted by Crippen LogP contribution is -2.52. The fourth-order valence-corrected chi connectivity index (χ4v) is 4.59. The number of hydrogen-bond acceptors (Lipinski definition) is 6. The summed E-state index contributed by atoms with van der Waals surface area (Å²) in [5.41, 5.74) is -0.0765. The van der Waals surface area contributed by atoms with E-state index in [4.69, 9.17) is 11.6 Å². The summed E-state index contributed by atoms with van der Waals surface area (Å²) < 4.78 is 0. The third kappa shape index (κ3) is 4.10. The van der Waals surface area contributed by atoms with Gasteiger partial charge in [-0.1, -0.05) is 42.8 Å². The van der Waals surface area contributed by atoms with Crippen LogP contribution in [-0.4, -0.2) is 45.0 Å². The van der Waals surface area contributed by atoms with E-state index in [1.54, 1.807) is 12.1 Å². The molecule has 2 aromatic rings. The van der Waals surface area contributed by atoms with E-state index in [1.807, 2.05) is 19.1 Å². The Hall–Kier alpha value is -3.85. The fraction of sp³-hybridized carbons (Fsp3) is 0.250. The van der Waals surface area contributed by atoms with Crippen molar-refractivity contribution in [2.45, 2.75) is 13.3 Å².